The van der Waals surface area contributed by atoms with Crippen LogP contribution in [-0.4, -0.2) is 114 Å². The van der Waals surface area contributed by atoms with Crippen LogP contribution < -0.4 is 5.32 Å². The third-order valence-corrected chi connectivity index (χ3v) is 18.6. The average Bonchev–Trinajstić information content (AvgIpc) is 3.30. The van der Waals surface area contributed by atoms with E-state index in [0.717, 1.165) is 154 Å². The summed E-state index contributed by atoms with van der Waals surface area (Å²) in [5, 5.41) is 5.26. The molecule has 432 valence electrons. The van der Waals surface area contributed by atoms with Gasteiger partial charge in [0.2, 0.25) is 0 Å². The third-order valence-electron chi connectivity index (χ3n) is 18.0. The first kappa shape index (κ1) is 55.6. The van der Waals surface area contributed by atoms with Gasteiger partial charge in [0.15, 0.2) is 23.6 Å². The van der Waals surface area contributed by atoms with Gasteiger partial charge in [0.1, 0.15) is 73.4 Å². The van der Waals surface area contributed by atoms with Crippen LogP contribution in [0, 0.1) is 0 Å². The van der Waals surface area contributed by atoms with E-state index in [1.807, 2.05) is 71.2 Å². The number of nitrogens with one attached hydrogen (secondary N) is 1. The van der Waals surface area contributed by atoms with Crippen molar-refractivity contribution >= 4 is 40.7 Å². The molecule has 0 amide bonds. The summed E-state index contributed by atoms with van der Waals surface area (Å²) >= 11 is 1.65. The number of benzene rings is 4. The summed E-state index contributed by atoms with van der Waals surface area (Å²) < 4.78 is 22.4. The number of nitrogens with zero attached hydrogens (tertiary/aromatic N) is 11. The van der Waals surface area contributed by atoms with Crippen molar-refractivity contribution in [1.82, 2.24) is 34.9 Å². The highest BCUT2D eigenvalue weighted by molar-refractivity contribution is 7.07. The van der Waals surface area contributed by atoms with Gasteiger partial charge in [0.05, 0.1) is 11.2 Å². The Morgan fingerprint density at radius 1 is 0.424 bits per heavy atom. The molecule has 4 aliphatic carbocycles. The number of aryl methyl sites for hydroxylation is 1. The van der Waals surface area contributed by atoms with Crippen LogP contribution in [0.3, 0.4) is 0 Å². The van der Waals surface area contributed by atoms with Crippen LogP contribution in [0.4, 0.5) is 5.82 Å². The van der Waals surface area contributed by atoms with Crippen LogP contribution in [0.1, 0.15) is 97.9 Å². The third kappa shape index (κ3) is 11.7. The number of hydrogen-bond donors (Lipinski definition) is 1. The topological polar surface area (TPSA) is 189 Å². The molecule has 1 N–H and O–H groups in total. The molecule has 0 saturated heterocycles. The van der Waals surface area contributed by atoms with Crippen LogP contribution in [-0.2, 0) is 70.3 Å². The summed E-state index contributed by atoms with van der Waals surface area (Å²) in [6.07, 6.45) is 26.3. The summed E-state index contributed by atoms with van der Waals surface area (Å²) in [7, 11) is 1.88. The van der Waals surface area contributed by atoms with Crippen LogP contribution in [0.2, 0.25) is 0 Å². The summed E-state index contributed by atoms with van der Waals surface area (Å²) in [5.41, 5.74) is 22.2. The molecule has 85 heavy (non-hydrogen) atoms. The van der Waals surface area contributed by atoms with E-state index < -0.39 is 0 Å². The zero-order valence-corrected chi connectivity index (χ0v) is 49.8. The molecule has 8 aliphatic rings. The second-order valence-electron chi connectivity index (χ2n) is 23.8. The predicted octanol–water partition coefficient (Wildman–Crippen LogP) is 12.0. The lowest BCUT2D eigenvalue weighted by molar-refractivity contribution is 0.236. The van der Waals surface area contributed by atoms with Crippen LogP contribution in [0.25, 0.3) is 44.6 Å². The van der Waals surface area contributed by atoms with Crippen molar-refractivity contribution in [2.45, 2.75) is 127 Å². The maximum absolute atomic E-state index is 5.63. The highest BCUT2D eigenvalue weighted by Gasteiger charge is 2.43. The number of fused-ring (bicyclic) bond motifs is 4. The maximum Gasteiger partial charge on any atom is 0.180 e. The van der Waals surface area contributed by atoms with Gasteiger partial charge < -0.3 is 24.3 Å². The standard InChI is InChI=1S/C18H20N4O.2C17H17N3O.C16H16N2OS/c1-12-22-18(10-23-12)6-5-13-3-4-14(7-15(13)8-18)16-9-20-11-21-17(16)19-2;2*1-12-20-17(10-21-12)6-5-16-13(7-17)3-2-4-15(16)14-8-18-11-19-9-14;1-11-18-16(9-19-11)6-5-13-12(7-16)3-2-4-14(13)15-8-20-10-17-15/h3-4,7,9,11H,5-6,8,10H2,1-2H3,(H,19,20,21);2*2-4,8-9,11H,5-7,10H2,1H3;2-4,8,10H,5-7,9H2,1H3/t18-;2*17-;16-/m1100/s1. The summed E-state index contributed by atoms with van der Waals surface area (Å²) in [5.74, 6) is 4.16. The van der Waals surface area contributed by atoms with Gasteiger partial charge in [-0.25, -0.2) is 54.9 Å². The van der Waals surface area contributed by atoms with E-state index in [1.54, 1.807) is 30.3 Å². The predicted molar refractivity (Wildman–Crippen MR) is 335 cm³/mol. The molecule has 4 spiro atoms. The molecule has 0 bridgehead atoms. The zero-order chi connectivity index (χ0) is 58.0. The Morgan fingerprint density at radius 2 is 0.859 bits per heavy atom. The first-order valence-electron chi connectivity index (χ1n) is 29.6. The van der Waals surface area contributed by atoms with Crippen molar-refractivity contribution < 1.29 is 18.9 Å². The quantitative estimate of drug-likeness (QED) is 0.172. The van der Waals surface area contributed by atoms with E-state index in [-0.39, 0.29) is 22.2 Å². The molecular weight excluding hydrogens is 1080 g/mol. The van der Waals surface area contributed by atoms with E-state index in [2.05, 4.69) is 118 Å². The van der Waals surface area contributed by atoms with Crippen LogP contribution >= 0.6 is 11.3 Å². The lowest BCUT2D eigenvalue weighted by atomic mass is 9.77. The molecule has 4 aromatic heterocycles. The largest absolute Gasteiger partial charge is 0.479 e. The number of thiazole rings is 1. The number of rotatable bonds is 5. The van der Waals surface area contributed by atoms with Gasteiger partial charge in [-0.3, -0.25) is 0 Å². The monoisotopic (exact) mass is 1150 g/mol. The van der Waals surface area contributed by atoms with Gasteiger partial charge in [0.25, 0.3) is 0 Å². The SMILES string of the molecule is CC1=N[C@@]2(CCc3c(cccc3-c3cncnc3)C2)CO1.CC1=N[C@]2(CCc3c(cccc3-c3cncnc3)C2)CO1.CC1=N[C@]2(CCc3c(cccc3-c3cscn3)C2)CO1.CNc1ncncc1-c1ccc2c(c1)C[C@]1(CC2)COC(C)=N1. The fourth-order valence-electron chi connectivity index (χ4n) is 13.9. The van der Waals surface area contributed by atoms with Crippen molar-refractivity contribution in [1.29, 1.82) is 0 Å². The summed E-state index contributed by atoms with van der Waals surface area (Å²) in [4.78, 5) is 48.5. The molecule has 8 aromatic rings. The molecular formula is C68H70N12O4S. The Kier molecular flexibility index (Phi) is 15.4. The number of aliphatic imine (C=N–C) groups is 4. The molecule has 0 saturated carbocycles. The first-order chi connectivity index (χ1) is 41.5. The van der Waals surface area contributed by atoms with E-state index in [1.165, 1.54) is 61.2 Å². The summed E-state index contributed by atoms with van der Waals surface area (Å²) in [6, 6.07) is 26.2. The van der Waals surface area contributed by atoms with Gasteiger partial charge in [-0.05, 0) is 113 Å². The number of hydrogen-bond acceptors (Lipinski definition) is 17. The van der Waals surface area contributed by atoms with Crippen molar-refractivity contribution in [2.75, 3.05) is 38.8 Å². The van der Waals surface area contributed by atoms with E-state index in [4.69, 9.17) is 38.9 Å². The van der Waals surface area contributed by atoms with Crippen molar-refractivity contribution in [3.63, 3.8) is 0 Å². The number of ether oxygens (including phenoxy) is 4. The maximum atomic E-state index is 5.63. The number of aromatic nitrogens is 7. The molecule has 4 aromatic carbocycles. The minimum Gasteiger partial charge on any atom is -0.479 e. The van der Waals surface area contributed by atoms with E-state index in [9.17, 15) is 0 Å². The van der Waals surface area contributed by atoms with E-state index in [0.29, 0.717) is 6.61 Å². The lowest BCUT2D eigenvalue weighted by Crippen LogP contribution is -2.35. The Labute approximate surface area is 500 Å². The Morgan fingerprint density at radius 3 is 1.29 bits per heavy atom. The molecule has 17 heteroatoms. The Balaban J connectivity index is 0.000000106. The van der Waals surface area contributed by atoms with Gasteiger partial charge >= 0.3 is 0 Å². The van der Waals surface area contributed by atoms with Crippen LogP contribution in [0.5, 0.6) is 0 Å². The molecule has 8 heterocycles. The second kappa shape index (κ2) is 23.5. The smallest absolute Gasteiger partial charge is 0.180 e. The molecule has 0 fully saturated rings. The Hall–Kier alpha value is -8.57. The van der Waals surface area contributed by atoms with Gasteiger partial charge in [-0.2, -0.15) is 0 Å². The highest BCUT2D eigenvalue weighted by atomic mass is 32.1. The molecule has 0 radical (unpaired) electrons. The zero-order valence-electron chi connectivity index (χ0n) is 49.0. The van der Waals surface area contributed by atoms with Crippen molar-refractivity contribution in [3.8, 4) is 44.6 Å². The van der Waals surface area contributed by atoms with Crippen molar-refractivity contribution in [3.05, 3.63) is 178 Å². The fourth-order valence-corrected chi connectivity index (χ4v) is 14.4. The van der Waals surface area contributed by atoms with E-state index >= 15 is 0 Å². The van der Waals surface area contributed by atoms with Crippen molar-refractivity contribution in [2.24, 2.45) is 20.0 Å². The molecule has 16 rings (SSSR count). The first-order valence-corrected chi connectivity index (χ1v) is 30.5. The lowest BCUT2D eigenvalue weighted by Gasteiger charge is -2.31. The Bertz CT molecular complexity index is 3770. The fraction of sp³-hybridized carbons (Fsp3) is 0.368. The molecule has 4 atom stereocenters. The van der Waals surface area contributed by atoms with Gasteiger partial charge in [0, 0.05) is 119 Å². The van der Waals surface area contributed by atoms with Gasteiger partial charge in [-0.15, -0.1) is 11.3 Å². The second-order valence-corrected chi connectivity index (χ2v) is 24.5. The minimum atomic E-state index is -0.0608. The highest BCUT2D eigenvalue weighted by Crippen LogP contribution is 2.43. The number of anilines is 1. The molecule has 4 aliphatic heterocycles. The normalized spacial score (nSPS) is 23.4. The molecule has 16 nitrogen and oxygen atoms in total. The average molecular weight is 1150 g/mol. The molecule has 0 unspecified atom stereocenters. The summed E-state index contributed by atoms with van der Waals surface area (Å²) in [6.45, 7) is 10.7. The van der Waals surface area contributed by atoms with Gasteiger partial charge in [-0.1, -0.05) is 72.8 Å². The van der Waals surface area contributed by atoms with Crippen LogP contribution in [0.15, 0.2) is 154 Å². The minimum absolute atomic E-state index is 0.0161.